The molecule has 0 aromatic heterocycles. The van der Waals surface area contributed by atoms with E-state index in [0.717, 1.165) is 10.6 Å². The summed E-state index contributed by atoms with van der Waals surface area (Å²) in [7, 11) is 1.74. The second kappa shape index (κ2) is 4.00. The molecule has 80 valence electrons. The molecule has 1 heterocycles. The van der Waals surface area contributed by atoms with Gasteiger partial charge >= 0.3 is 0 Å². The van der Waals surface area contributed by atoms with E-state index in [1.54, 1.807) is 11.9 Å². The topological polar surface area (TPSA) is 26.7 Å². The summed E-state index contributed by atoms with van der Waals surface area (Å²) in [5, 5.41) is 10.7. The fourth-order valence-electron chi connectivity index (χ4n) is 1.82. The van der Waals surface area contributed by atoms with E-state index in [4.69, 9.17) is 0 Å². The molecule has 0 amide bonds. The van der Waals surface area contributed by atoms with Crippen molar-refractivity contribution in [1.82, 2.24) is 9.96 Å². The van der Waals surface area contributed by atoms with Crippen molar-refractivity contribution in [2.45, 2.75) is 6.17 Å². The standard InChI is InChI=1S/C11H13FN2O/c1-13-7-10(12)8-14(15)11(13)9-5-3-2-4-6-9/h2-7,11,15H,8H2,1H3. The minimum atomic E-state index is -0.341. The van der Waals surface area contributed by atoms with Gasteiger partial charge in [-0.2, -0.15) is 5.06 Å². The van der Waals surface area contributed by atoms with E-state index in [1.807, 2.05) is 30.3 Å². The number of hydrogen-bond acceptors (Lipinski definition) is 3. The van der Waals surface area contributed by atoms with Crippen LogP contribution in [0, 0.1) is 0 Å². The minimum Gasteiger partial charge on any atom is -0.357 e. The first-order chi connectivity index (χ1) is 7.18. The second-order valence-electron chi connectivity index (χ2n) is 3.62. The van der Waals surface area contributed by atoms with Crippen molar-refractivity contribution in [1.29, 1.82) is 0 Å². The molecule has 0 spiro atoms. The maximum Gasteiger partial charge on any atom is 0.132 e. The van der Waals surface area contributed by atoms with Gasteiger partial charge in [-0.3, -0.25) is 0 Å². The molecule has 0 radical (unpaired) electrons. The summed E-state index contributed by atoms with van der Waals surface area (Å²) in [5.74, 6) is -0.341. The molecule has 0 aliphatic carbocycles. The van der Waals surface area contributed by atoms with E-state index in [0.29, 0.717) is 0 Å². The van der Waals surface area contributed by atoms with E-state index in [9.17, 15) is 9.60 Å². The average molecular weight is 208 g/mol. The van der Waals surface area contributed by atoms with Crippen molar-refractivity contribution in [2.24, 2.45) is 0 Å². The number of hydrogen-bond donors (Lipinski definition) is 1. The largest absolute Gasteiger partial charge is 0.357 e. The lowest BCUT2D eigenvalue weighted by molar-refractivity contribution is -0.166. The van der Waals surface area contributed by atoms with Gasteiger partial charge in [0.1, 0.15) is 12.0 Å². The van der Waals surface area contributed by atoms with E-state index in [2.05, 4.69) is 0 Å². The van der Waals surface area contributed by atoms with Crippen LogP contribution in [0.2, 0.25) is 0 Å². The molecule has 3 nitrogen and oxygen atoms in total. The first kappa shape index (κ1) is 10.1. The Morgan fingerprint density at radius 3 is 2.60 bits per heavy atom. The fourth-order valence-corrected chi connectivity index (χ4v) is 1.82. The van der Waals surface area contributed by atoms with Crippen LogP contribution >= 0.6 is 0 Å². The Balaban J connectivity index is 2.30. The Kier molecular flexibility index (Phi) is 2.70. The van der Waals surface area contributed by atoms with Gasteiger partial charge in [0.15, 0.2) is 0 Å². The van der Waals surface area contributed by atoms with Gasteiger partial charge in [0.2, 0.25) is 0 Å². The zero-order valence-electron chi connectivity index (χ0n) is 8.47. The van der Waals surface area contributed by atoms with Crippen LogP contribution in [0.4, 0.5) is 4.39 Å². The number of benzene rings is 1. The lowest BCUT2D eigenvalue weighted by Gasteiger charge is -2.36. The summed E-state index contributed by atoms with van der Waals surface area (Å²) in [4.78, 5) is 1.65. The van der Waals surface area contributed by atoms with E-state index < -0.39 is 0 Å². The molecule has 0 saturated heterocycles. The van der Waals surface area contributed by atoms with Crippen molar-refractivity contribution < 1.29 is 9.60 Å². The summed E-state index contributed by atoms with van der Waals surface area (Å²) in [6.07, 6.45) is 1.09. The van der Waals surface area contributed by atoms with Gasteiger partial charge in [0.25, 0.3) is 0 Å². The molecule has 1 aliphatic rings. The van der Waals surface area contributed by atoms with Gasteiger partial charge in [-0.05, 0) is 5.56 Å². The highest BCUT2D eigenvalue weighted by molar-refractivity contribution is 5.20. The molecule has 2 rings (SSSR count). The van der Waals surface area contributed by atoms with Crippen LogP contribution in [0.15, 0.2) is 42.4 Å². The van der Waals surface area contributed by atoms with Crippen molar-refractivity contribution in [3.05, 3.63) is 47.9 Å². The Morgan fingerprint density at radius 1 is 1.33 bits per heavy atom. The van der Waals surface area contributed by atoms with Gasteiger partial charge in [0.05, 0.1) is 6.54 Å². The molecule has 0 saturated carbocycles. The first-order valence-corrected chi connectivity index (χ1v) is 4.77. The highest BCUT2D eigenvalue weighted by Gasteiger charge is 2.26. The maximum absolute atomic E-state index is 13.0. The molecule has 1 N–H and O–H groups in total. The van der Waals surface area contributed by atoms with Gasteiger partial charge in [-0.25, -0.2) is 4.39 Å². The third kappa shape index (κ3) is 2.00. The quantitative estimate of drug-likeness (QED) is 0.765. The minimum absolute atomic E-state index is 0.0656. The predicted octanol–water partition coefficient (Wildman–Crippen LogP) is 2.13. The van der Waals surface area contributed by atoms with Crippen LogP contribution in [-0.4, -0.2) is 28.8 Å². The second-order valence-corrected chi connectivity index (χ2v) is 3.62. The average Bonchev–Trinajstić information content (AvgIpc) is 2.17. The Hall–Kier alpha value is -1.39. The molecule has 1 aliphatic heterocycles. The van der Waals surface area contributed by atoms with E-state index in [1.165, 1.54) is 6.20 Å². The Morgan fingerprint density at radius 2 is 2.00 bits per heavy atom. The van der Waals surface area contributed by atoms with Crippen LogP contribution in [0.25, 0.3) is 0 Å². The fraction of sp³-hybridized carbons (Fsp3) is 0.273. The number of hydroxylamine groups is 2. The van der Waals surface area contributed by atoms with E-state index >= 15 is 0 Å². The van der Waals surface area contributed by atoms with Crippen molar-refractivity contribution >= 4 is 0 Å². The Labute approximate surface area is 88.0 Å². The summed E-state index contributed by atoms with van der Waals surface area (Å²) in [6, 6.07) is 9.50. The zero-order chi connectivity index (χ0) is 10.8. The van der Waals surface area contributed by atoms with Crippen LogP contribution in [0.1, 0.15) is 11.7 Å². The third-order valence-electron chi connectivity index (χ3n) is 2.42. The smallest absolute Gasteiger partial charge is 0.132 e. The van der Waals surface area contributed by atoms with Crippen LogP contribution in [-0.2, 0) is 0 Å². The van der Waals surface area contributed by atoms with Crippen LogP contribution in [0.5, 0.6) is 0 Å². The SMILES string of the molecule is CN1C=C(F)CN(O)C1c1ccccc1. The summed E-state index contributed by atoms with van der Waals surface area (Å²) < 4.78 is 13.0. The molecule has 4 heteroatoms. The highest BCUT2D eigenvalue weighted by Crippen LogP contribution is 2.27. The number of nitrogens with zero attached hydrogens (tertiary/aromatic N) is 2. The lowest BCUT2D eigenvalue weighted by atomic mass is 10.1. The molecule has 1 aromatic rings. The zero-order valence-corrected chi connectivity index (χ0v) is 8.47. The van der Waals surface area contributed by atoms with Crippen molar-refractivity contribution in [3.63, 3.8) is 0 Å². The van der Waals surface area contributed by atoms with E-state index in [-0.39, 0.29) is 18.5 Å². The monoisotopic (exact) mass is 208 g/mol. The molecule has 0 bridgehead atoms. The van der Waals surface area contributed by atoms with Crippen LogP contribution < -0.4 is 0 Å². The maximum atomic E-state index is 13.0. The first-order valence-electron chi connectivity index (χ1n) is 4.77. The number of rotatable bonds is 1. The predicted molar refractivity (Wildman–Crippen MR) is 54.6 cm³/mol. The molecular weight excluding hydrogens is 195 g/mol. The highest BCUT2D eigenvalue weighted by atomic mass is 19.1. The molecule has 15 heavy (non-hydrogen) atoms. The van der Waals surface area contributed by atoms with Crippen molar-refractivity contribution in [2.75, 3.05) is 13.6 Å². The summed E-state index contributed by atoms with van der Waals surface area (Å²) in [6.45, 7) is -0.0656. The van der Waals surface area contributed by atoms with Gasteiger partial charge in [0, 0.05) is 13.2 Å². The molecule has 1 aromatic carbocycles. The molecule has 1 atom stereocenters. The van der Waals surface area contributed by atoms with Crippen LogP contribution in [0.3, 0.4) is 0 Å². The summed E-state index contributed by atoms with van der Waals surface area (Å²) in [5.41, 5.74) is 0.936. The van der Waals surface area contributed by atoms with Crippen molar-refractivity contribution in [3.8, 4) is 0 Å². The summed E-state index contributed by atoms with van der Waals surface area (Å²) >= 11 is 0. The molecule has 0 fully saturated rings. The molecular formula is C11H13FN2O. The third-order valence-corrected chi connectivity index (χ3v) is 2.42. The normalized spacial score (nSPS) is 22.7. The van der Waals surface area contributed by atoms with Gasteiger partial charge in [-0.15, -0.1) is 0 Å². The van der Waals surface area contributed by atoms with Gasteiger partial charge < -0.3 is 10.1 Å². The number of halogens is 1. The lowest BCUT2D eigenvalue weighted by Crippen LogP contribution is -2.39. The Bertz CT molecular complexity index is 366. The molecule has 1 unspecified atom stereocenters. The van der Waals surface area contributed by atoms with Gasteiger partial charge in [-0.1, -0.05) is 30.3 Å².